The average Bonchev–Trinajstić information content (AvgIpc) is 1.58. The number of fused-ring (bicyclic) bond motifs is 3. The van der Waals surface area contributed by atoms with Gasteiger partial charge >= 0.3 is 5.97 Å². The number of carbonyl (C=O) groups excluding carboxylic acids is 1. The van der Waals surface area contributed by atoms with E-state index in [0.29, 0.717) is 58.7 Å². The van der Waals surface area contributed by atoms with Gasteiger partial charge in [0.25, 0.3) is 22.7 Å². The lowest BCUT2D eigenvalue weighted by atomic mass is 9.89. The van der Waals surface area contributed by atoms with E-state index in [1.807, 2.05) is 0 Å². The van der Waals surface area contributed by atoms with Gasteiger partial charge in [-0.15, -0.1) is 0 Å². The number of aryl methyl sites for hydroxylation is 5. The van der Waals surface area contributed by atoms with Crippen LogP contribution in [0.4, 0.5) is 22.7 Å². The quantitative estimate of drug-likeness (QED) is 0.0115. The second-order valence-corrected chi connectivity index (χ2v) is 29.4. The van der Waals surface area contributed by atoms with Crippen LogP contribution in [0.3, 0.4) is 0 Å². The van der Waals surface area contributed by atoms with Crippen molar-refractivity contribution >= 4 is 34.4 Å². The molecule has 0 N–H and O–H groups in total. The number of carbonyl (C=O) groups is 1. The van der Waals surface area contributed by atoms with E-state index in [4.69, 9.17) is 14.3 Å². The number of nitrogens with zero attached hydrogens (tertiary/aromatic N) is 5. The van der Waals surface area contributed by atoms with Crippen molar-refractivity contribution in [2.75, 3.05) is 13.2 Å². The maximum Gasteiger partial charge on any atom is 0.349 e. The Morgan fingerprint density at radius 1 is 0.348 bits per heavy atom. The van der Waals surface area contributed by atoms with E-state index >= 15 is 0 Å². The van der Waals surface area contributed by atoms with Gasteiger partial charge < -0.3 is 14.3 Å². The van der Waals surface area contributed by atoms with Crippen molar-refractivity contribution in [1.82, 2.24) is 0 Å². The van der Waals surface area contributed by atoms with E-state index < -0.39 is 71.4 Å². The number of nitro benzene ring substituents is 4. The molecule has 0 fully saturated rings. The van der Waals surface area contributed by atoms with Crippen LogP contribution in [-0.4, -0.2) is 50.7 Å². The van der Waals surface area contributed by atoms with E-state index in [2.05, 4.69) is 220 Å². The minimum Gasteiger partial charge on any atom is -0.491 e. The monoisotopic (exact) mass is 1540 g/mol. The zero-order chi connectivity index (χ0) is 81.7. The van der Waals surface area contributed by atoms with Gasteiger partial charge in [0.05, 0.1) is 84.0 Å². The summed E-state index contributed by atoms with van der Waals surface area (Å²) in [5.41, 5.74) is 8.57. The Balaban J connectivity index is 0.989. The van der Waals surface area contributed by atoms with Crippen molar-refractivity contribution in [2.24, 2.45) is 5.16 Å². The van der Waals surface area contributed by atoms with Crippen LogP contribution in [-0.2, 0) is 46.5 Å². The third kappa shape index (κ3) is 26.2. The van der Waals surface area contributed by atoms with E-state index in [0.717, 1.165) is 188 Å². The molecule has 0 bridgehead atoms. The highest BCUT2D eigenvalue weighted by Crippen LogP contribution is 2.50. The first-order valence-corrected chi connectivity index (χ1v) is 41.3. The summed E-state index contributed by atoms with van der Waals surface area (Å²) in [5, 5.41) is 52.4. The maximum atomic E-state index is 13.2. The summed E-state index contributed by atoms with van der Waals surface area (Å²) >= 11 is 0. The minimum absolute atomic E-state index is 0.0523. The van der Waals surface area contributed by atoms with Crippen LogP contribution in [0.25, 0.3) is 11.1 Å². The SMILES string of the molecule is CCCCCc1ccc(C#Cc2c(C#Cc3ccc(CCCCC)cc3)c(C#Cc3ccc(CCCCC)cc3)c(OCCCCCCCCCCCOC(=O)C(C)ON=C3c4cc([N+](=O)[O-])cc([N+](=O)[O-])c4-c4c3cc([N+](=O)[O-])cc4[N+](=O)[O-])c(C#Cc3ccc(CCCCC)cc3)c2C#Cc2ccc(CCCCC)cc2)cc1. The predicted octanol–water partition coefficient (Wildman–Crippen LogP) is 23.3. The molecule has 1 aliphatic rings. The van der Waals surface area contributed by atoms with Gasteiger partial charge in [-0.2, -0.15) is 0 Å². The largest absolute Gasteiger partial charge is 0.491 e. The second kappa shape index (κ2) is 46.2. The van der Waals surface area contributed by atoms with Crippen LogP contribution < -0.4 is 4.74 Å². The number of nitro groups is 4. The van der Waals surface area contributed by atoms with Gasteiger partial charge in [-0.25, -0.2) is 4.79 Å². The van der Waals surface area contributed by atoms with Crippen molar-refractivity contribution in [1.29, 1.82) is 0 Å². The van der Waals surface area contributed by atoms with E-state index in [-0.39, 0.29) is 17.7 Å². The molecule has 17 heteroatoms. The highest BCUT2D eigenvalue weighted by atomic mass is 16.7. The van der Waals surface area contributed by atoms with Crippen molar-refractivity contribution in [3.8, 4) is 76.1 Å². The molecular weight excluding hydrogens is 1440 g/mol. The summed E-state index contributed by atoms with van der Waals surface area (Å²) in [4.78, 5) is 63.4. The lowest BCUT2D eigenvalue weighted by molar-refractivity contribution is -0.395. The molecule has 8 aromatic rings. The normalized spacial score (nSPS) is 11.2. The third-order valence-electron chi connectivity index (χ3n) is 20.4. The first-order valence-electron chi connectivity index (χ1n) is 41.3. The van der Waals surface area contributed by atoms with E-state index in [9.17, 15) is 45.3 Å². The van der Waals surface area contributed by atoms with Crippen LogP contribution >= 0.6 is 0 Å². The zero-order valence-corrected chi connectivity index (χ0v) is 67.5. The van der Waals surface area contributed by atoms with Crippen molar-refractivity contribution < 1.29 is 38.8 Å². The van der Waals surface area contributed by atoms with Crippen LogP contribution in [0.15, 0.2) is 151 Å². The highest BCUT2D eigenvalue weighted by molar-refractivity contribution is 6.27. The van der Waals surface area contributed by atoms with Gasteiger partial charge in [0, 0.05) is 51.1 Å². The number of benzene rings is 8. The number of hydrogen-bond donors (Lipinski definition) is 0. The number of oxime groups is 1. The number of esters is 1. The first-order chi connectivity index (χ1) is 56.0. The van der Waals surface area contributed by atoms with Crippen molar-refractivity contribution in [2.45, 2.75) is 234 Å². The fourth-order valence-corrected chi connectivity index (χ4v) is 13.8. The molecule has 594 valence electrons. The predicted molar refractivity (Wildman–Crippen MR) is 457 cm³/mol. The summed E-state index contributed by atoms with van der Waals surface area (Å²) in [7, 11) is 0. The Labute approximate surface area is 678 Å². The Bertz CT molecular complexity index is 4790. The van der Waals surface area contributed by atoms with Gasteiger partial charge in [0.2, 0.25) is 6.10 Å². The van der Waals surface area contributed by atoms with E-state index in [1.54, 1.807) is 0 Å². The summed E-state index contributed by atoms with van der Waals surface area (Å²) in [6.45, 7) is 12.9. The molecule has 0 heterocycles. The highest BCUT2D eigenvalue weighted by Gasteiger charge is 2.42. The summed E-state index contributed by atoms with van der Waals surface area (Å²) in [6, 6.07) is 46.0. The summed E-state index contributed by atoms with van der Waals surface area (Å²) in [5.74, 6) is 36.2. The Hall–Kier alpha value is -12.1. The Morgan fingerprint density at radius 2 is 0.626 bits per heavy atom. The lowest BCUT2D eigenvalue weighted by Crippen LogP contribution is -2.22. The number of rotatable bonds is 40. The fraction of sp³-hybridized carbons (Fsp3) is 0.388. The molecule has 9 rings (SSSR count). The molecule has 17 nitrogen and oxygen atoms in total. The topological polar surface area (TPSA) is 230 Å². The third-order valence-corrected chi connectivity index (χ3v) is 20.4. The fourth-order valence-electron chi connectivity index (χ4n) is 13.8. The standard InChI is InChI=1S/C98H105N5O12/c1-7-12-24-31-73-36-46-78(47-37-73)56-61-85-86(62-57-79-48-38-74(39-49-79)32-25-13-8-2)88(64-59-81-52-42-76(43-53-81)34-27-15-10-4)97(89(65-60-82-54-44-77(45-55-82)35-28-16-11-5)87(85)63-58-80-50-40-75(41-51-80)33-26-14-9-3)113-66-29-22-20-18-17-19-21-23-30-67-114-98(104)72(6)115-99-96-90-68-83(100(105)106)70-92(102(109)110)94(90)95-91(96)69-84(101(107)108)71-93(95)103(111)112/h36-55,68-72H,7-35,66-67H2,1-6H3. The summed E-state index contributed by atoms with van der Waals surface area (Å²) in [6.07, 6.45) is 28.5. The zero-order valence-electron chi connectivity index (χ0n) is 67.5. The number of non-ortho nitro benzene ring substituents is 2. The Kier molecular flexibility index (Phi) is 34.9. The van der Waals surface area contributed by atoms with Gasteiger partial charge in [0.1, 0.15) is 5.71 Å². The molecule has 1 atom stereocenters. The molecule has 0 radical (unpaired) electrons. The minimum atomic E-state index is -1.39. The molecule has 0 spiro atoms. The smallest absolute Gasteiger partial charge is 0.349 e. The van der Waals surface area contributed by atoms with Crippen molar-refractivity contribution in [3.05, 3.63) is 281 Å². The first kappa shape index (κ1) is 86.9. The van der Waals surface area contributed by atoms with Crippen LogP contribution in [0, 0.1) is 99.7 Å². The molecule has 0 saturated heterocycles. The summed E-state index contributed by atoms with van der Waals surface area (Å²) < 4.78 is 12.8. The van der Waals surface area contributed by atoms with Gasteiger partial charge in [-0.3, -0.25) is 40.5 Å². The Morgan fingerprint density at radius 3 is 0.913 bits per heavy atom. The lowest BCUT2D eigenvalue weighted by Gasteiger charge is -2.17. The van der Waals surface area contributed by atoms with Gasteiger partial charge in [-0.1, -0.05) is 269 Å². The maximum absolute atomic E-state index is 13.2. The van der Waals surface area contributed by atoms with E-state index in [1.165, 1.54) is 66.8 Å². The molecule has 0 aromatic heterocycles. The molecule has 0 saturated carbocycles. The van der Waals surface area contributed by atoms with Crippen LogP contribution in [0.1, 0.15) is 290 Å². The van der Waals surface area contributed by atoms with Gasteiger partial charge in [-0.05, 0) is 172 Å². The molecule has 0 aliphatic heterocycles. The molecule has 1 unspecified atom stereocenters. The molecule has 115 heavy (non-hydrogen) atoms. The van der Waals surface area contributed by atoms with Crippen LogP contribution in [0.2, 0.25) is 0 Å². The average molecular weight is 1540 g/mol. The number of ether oxygens (including phenoxy) is 2. The second-order valence-electron chi connectivity index (χ2n) is 29.4. The van der Waals surface area contributed by atoms with Crippen LogP contribution in [0.5, 0.6) is 5.75 Å². The number of hydrogen-bond acceptors (Lipinski definition) is 13. The molecule has 0 amide bonds. The van der Waals surface area contributed by atoms with Crippen molar-refractivity contribution in [3.63, 3.8) is 0 Å². The molecule has 1 aliphatic carbocycles. The van der Waals surface area contributed by atoms with Gasteiger partial charge in [0.15, 0.2) is 5.75 Å². The number of unbranched alkanes of at least 4 members (excludes halogenated alkanes) is 18. The molecular formula is C98H105N5O12. The molecule has 8 aromatic carbocycles.